The Balaban J connectivity index is 2.18. The summed E-state index contributed by atoms with van der Waals surface area (Å²) >= 11 is 19.0. The Morgan fingerprint density at radius 2 is 2.07 bits per heavy atom. The molecule has 0 fully saturated rings. The van der Waals surface area contributed by atoms with E-state index in [4.69, 9.17) is 46.0 Å². The number of nitrogens with zero attached hydrogens (tertiary/aromatic N) is 3. The Morgan fingerprint density at radius 3 is 2.71 bits per heavy atom. The fourth-order valence-electron chi connectivity index (χ4n) is 2.35. The van der Waals surface area contributed by atoms with Crippen LogP contribution in [0.5, 0.6) is 11.5 Å². The lowest BCUT2D eigenvalue weighted by molar-refractivity contribution is 0.309. The van der Waals surface area contributed by atoms with E-state index in [0.29, 0.717) is 9.34 Å². The smallest absolute Gasteiger partial charge is 0.279 e. The number of halogens is 4. The number of aromatic hydroxyl groups is 1. The topological polar surface area (TPSA) is 77.2 Å². The van der Waals surface area contributed by atoms with E-state index in [-0.39, 0.29) is 29.5 Å². The Bertz CT molecular complexity index is 1160. The van der Waals surface area contributed by atoms with Gasteiger partial charge in [-0.2, -0.15) is 5.10 Å². The molecule has 11 heteroatoms. The number of hydrogen-bond acceptors (Lipinski definition) is 6. The molecule has 28 heavy (non-hydrogen) atoms. The van der Waals surface area contributed by atoms with Crippen LogP contribution in [0, 0.1) is 18.2 Å². The molecule has 3 rings (SSSR count). The van der Waals surface area contributed by atoms with Gasteiger partial charge in [0.05, 0.1) is 15.5 Å². The molecule has 0 unspecified atom stereocenters. The van der Waals surface area contributed by atoms with Gasteiger partial charge in [-0.3, -0.25) is 4.79 Å². The molecule has 0 saturated heterocycles. The van der Waals surface area contributed by atoms with Crippen LogP contribution < -0.4 is 10.3 Å². The van der Waals surface area contributed by atoms with Gasteiger partial charge in [0.2, 0.25) is 0 Å². The summed E-state index contributed by atoms with van der Waals surface area (Å²) in [5, 5.41) is 13.6. The second-order valence-electron chi connectivity index (χ2n) is 5.28. The van der Waals surface area contributed by atoms with Crippen LogP contribution >= 0.6 is 46.1 Å². The van der Waals surface area contributed by atoms with Gasteiger partial charge in [-0.1, -0.05) is 40.7 Å². The van der Waals surface area contributed by atoms with E-state index in [1.165, 1.54) is 12.3 Å². The zero-order valence-corrected chi connectivity index (χ0v) is 16.8. The van der Waals surface area contributed by atoms with Gasteiger partial charge in [-0.15, -0.1) is 17.8 Å². The molecule has 2 heterocycles. The molecule has 0 amide bonds. The molecule has 6 nitrogen and oxygen atoms in total. The van der Waals surface area contributed by atoms with Crippen molar-refractivity contribution in [1.82, 2.24) is 14.8 Å². The van der Waals surface area contributed by atoms with Crippen molar-refractivity contribution in [2.75, 3.05) is 0 Å². The molecule has 144 valence electrons. The Labute approximate surface area is 177 Å². The van der Waals surface area contributed by atoms with Crippen molar-refractivity contribution < 1.29 is 14.2 Å². The normalized spacial score (nSPS) is 10.7. The first-order chi connectivity index (χ1) is 13.3. The first-order valence-corrected chi connectivity index (χ1v) is 9.43. The van der Waals surface area contributed by atoms with Crippen LogP contribution in [0.3, 0.4) is 0 Å². The van der Waals surface area contributed by atoms with E-state index >= 15 is 0 Å². The second-order valence-corrected chi connectivity index (χ2v) is 7.75. The van der Waals surface area contributed by atoms with Gasteiger partial charge in [-0.25, -0.2) is 14.1 Å². The number of aromatic nitrogens is 3. The minimum Gasteiger partial charge on any atom is -0.504 e. The van der Waals surface area contributed by atoms with E-state index in [2.05, 4.69) is 16.0 Å². The molecule has 0 bridgehead atoms. The van der Waals surface area contributed by atoms with Crippen LogP contribution in [0.2, 0.25) is 14.6 Å². The summed E-state index contributed by atoms with van der Waals surface area (Å²) in [5.74, 6) is 0.498. The van der Waals surface area contributed by atoms with E-state index < -0.39 is 27.8 Å². The van der Waals surface area contributed by atoms with E-state index in [1.54, 1.807) is 0 Å². The summed E-state index contributed by atoms with van der Waals surface area (Å²) < 4.78 is 21.5. The average molecular weight is 461 g/mol. The number of benzene rings is 1. The van der Waals surface area contributed by atoms with Gasteiger partial charge in [0.1, 0.15) is 30.3 Å². The monoisotopic (exact) mass is 459 g/mol. The lowest BCUT2D eigenvalue weighted by Gasteiger charge is -2.15. The van der Waals surface area contributed by atoms with Gasteiger partial charge < -0.3 is 9.84 Å². The van der Waals surface area contributed by atoms with Crippen molar-refractivity contribution in [1.29, 1.82) is 0 Å². The Hall–Kier alpha value is -2.31. The third-order valence-corrected chi connectivity index (χ3v) is 5.16. The van der Waals surface area contributed by atoms with Gasteiger partial charge in [-0.05, 0) is 12.1 Å². The highest BCUT2D eigenvalue weighted by Gasteiger charge is 2.25. The SMILES string of the molecule is C#CCn1nc(Cl)c(O)c(-c2c(F)ccc(Cl)c2OCc2cnc(Cl)s2)c1=O. The van der Waals surface area contributed by atoms with Crippen molar-refractivity contribution in [3.63, 3.8) is 0 Å². The van der Waals surface area contributed by atoms with Crippen LogP contribution in [-0.4, -0.2) is 19.9 Å². The molecule has 0 spiro atoms. The first-order valence-electron chi connectivity index (χ1n) is 7.48. The summed E-state index contributed by atoms with van der Waals surface area (Å²) in [5.41, 5.74) is -1.68. The number of thiazole rings is 1. The minimum atomic E-state index is -0.858. The zero-order chi connectivity index (χ0) is 20.4. The van der Waals surface area contributed by atoms with Gasteiger partial charge in [0.25, 0.3) is 5.56 Å². The van der Waals surface area contributed by atoms with Gasteiger partial charge in [0, 0.05) is 6.20 Å². The lowest BCUT2D eigenvalue weighted by atomic mass is 10.0. The molecule has 1 aromatic carbocycles. The van der Waals surface area contributed by atoms with Crippen LogP contribution in [0.1, 0.15) is 4.88 Å². The third kappa shape index (κ3) is 3.93. The summed E-state index contributed by atoms with van der Waals surface area (Å²) in [6.07, 6.45) is 6.70. The quantitative estimate of drug-likeness (QED) is 0.572. The average Bonchev–Trinajstić information content (AvgIpc) is 3.07. The van der Waals surface area contributed by atoms with Crippen molar-refractivity contribution >= 4 is 46.1 Å². The molecule has 0 aliphatic heterocycles. The summed E-state index contributed by atoms with van der Waals surface area (Å²) in [6, 6.07) is 2.29. The fraction of sp³-hybridized carbons (Fsp3) is 0.118. The van der Waals surface area contributed by atoms with Crippen molar-refractivity contribution in [3.8, 4) is 35.0 Å². The number of terminal acetylenes is 1. The Morgan fingerprint density at radius 1 is 1.32 bits per heavy atom. The summed E-state index contributed by atoms with van der Waals surface area (Å²) in [7, 11) is 0. The molecule has 0 atom stereocenters. The van der Waals surface area contributed by atoms with Crippen LogP contribution in [0.4, 0.5) is 4.39 Å². The van der Waals surface area contributed by atoms with Gasteiger partial charge >= 0.3 is 0 Å². The largest absolute Gasteiger partial charge is 0.504 e. The molecular weight excluding hydrogens is 452 g/mol. The molecule has 2 aromatic heterocycles. The van der Waals surface area contributed by atoms with E-state index in [9.17, 15) is 14.3 Å². The Kier molecular flexibility index (Phi) is 6.10. The summed E-state index contributed by atoms with van der Waals surface area (Å²) in [4.78, 5) is 17.2. The van der Waals surface area contributed by atoms with E-state index in [1.807, 2.05) is 0 Å². The van der Waals surface area contributed by atoms with Crippen LogP contribution in [-0.2, 0) is 13.2 Å². The lowest BCUT2D eigenvalue weighted by Crippen LogP contribution is -2.25. The molecule has 0 aliphatic rings. The van der Waals surface area contributed by atoms with Gasteiger partial charge in [0.15, 0.2) is 15.4 Å². The van der Waals surface area contributed by atoms with Crippen LogP contribution in [0.15, 0.2) is 23.1 Å². The standard InChI is InChI=1S/C17H9Cl3FN3O3S/c1-2-5-24-16(26)12(13(25)15(19)23-24)11-10(21)4-3-9(18)14(11)27-7-8-6-22-17(20)28-8/h1,3-4,6,25H,5,7H2. The fourth-order valence-corrected chi connectivity index (χ4v) is 3.64. The predicted molar refractivity (Wildman–Crippen MR) is 106 cm³/mol. The van der Waals surface area contributed by atoms with Crippen molar-refractivity contribution in [2.24, 2.45) is 0 Å². The molecule has 0 saturated carbocycles. The van der Waals surface area contributed by atoms with Crippen LogP contribution in [0.25, 0.3) is 11.1 Å². The maximum Gasteiger partial charge on any atom is 0.279 e. The molecular formula is C17H9Cl3FN3O3S. The minimum absolute atomic E-state index is 0.0160. The van der Waals surface area contributed by atoms with Crippen molar-refractivity contribution in [2.45, 2.75) is 13.2 Å². The maximum absolute atomic E-state index is 14.7. The highest BCUT2D eigenvalue weighted by Crippen LogP contribution is 2.42. The number of ether oxygens (including phenoxy) is 1. The zero-order valence-electron chi connectivity index (χ0n) is 13.7. The van der Waals surface area contributed by atoms with E-state index in [0.717, 1.165) is 22.1 Å². The highest BCUT2D eigenvalue weighted by molar-refractivity contribution is 7.15. The van der Waals surface area contributed by atoms with Crippen molar-refractivity contribution in [3.05, 3.63) is 54.0 Å². The second kappa shape index (κ2) is 8.37. The highest BCUT2D eigenvalue weighted by atomic mass is 35.5. The molecule has 0 radical (unpaired) electrons. The predicted octanol–water partition coefficient (Wildman–Crippen LogP) is 4.38. The molecule has 1 N–H and O–H groups in total. The third-order valence-electron chi connectivity index (χ3n) is 3.52. The number of rotatable bonds is 5. The first kappa shape index (κ1) is 20.4. The molecule has 0 aliphatic carbocycles. The summed E-state index contributed by atoms with van der Waals surface area (Å²) in [6.45, 7) is -0.276. The molecule has 3 aromatic rings. The maximum atomic E-state index is 14.7. The number of hydrogen-bond donors (Lipinski definition) is 1.